The molecular formula is C19H17ClN4O3. The molecule has 1 heterocycles. The molecule has 0 bridgehead atoms. The Morgan fingerprint density at radius 1 is 1.19 bits per heavy atom. The third-order valence-electron chi connectivity index (χ3n) is 4.10. The van der Waals surface area contributed by atoms with Crippen LogP contribution in [0.25, 0.3) is 16.3 Å². The van der Waals surface area contributed by atoms with Gasteiger partial charge >= 0.3 is 0 Å². The first-order valence-electron chi connectivity index (χ1n) is 8.14. The number of benzene rings is 2. The predicted octanol–water partition coefficient (Wildman–Crippen LogP) is 4.49. The highest BCUT2D eigenvalue weighted by Crippen LogP contribution is 2.35. The van der Waals surface area contributed by atoms with Gasteiger partial charge in [0.15, 0.2) is 0 Å². The van der Waals surface area contributed by atoms with E-state index in [2.05, 4.69) is 20.4 Å². The molecule has 2 atom stereocenters. The molecule has 0 saturated heterocycles. The van der Waals surface area contributed by atoms with Gasteiger partial charge in [-0.3, -0.25) is 0 Å². The highest BCUT2D eigenvalue weighted by Gasteiger charge is 2.25. The Bertz CT molecular complexity index is 993. The molecule has 0 amide bonds. The summed E-state index contributed by atoms with van der Waals surface area (Å²) in [4.78, 5) is 3.37. The number of nitrogens with zero attached hydrogens (tertiary/aromatic N) is 3. The average Bonchev–Trinajstić information content (AvgIpc) is 3.13. The Hall–Kier alpha value is -3.08. The van der Waals surface area contributed by atoms with Crippen molar-refractivity contribution in [1.29, 1.82) is 0 Å². The molecule has 3 aromatic rings. The predicted molar refractivity (Wildman–Crippen MR) is 102 cm³/mol. The molecule has 0 spiro atoms. The van der Waals surface area contributed by atoms with Gasteiger partial charge in [-0.1, -0.05) is 17.7 Å². The second-order valence-electron chi connectivity index (χ2n) is 6.04. The summed E-state index contributed by atoms with van der Waals surface area (Å²) in [5.74, 6) is 0.616. The van der Waals surface area contributed by atoms with Gasteiger partial charge in [-0.2, -0.15) is 0 Å². The minimum Gasteiger partial charge on any atom is -0.508 e. The van der Waals surface area contributed by atoms with Crippen molar-refractivity contribution in [1.82, 2.24) is 10.2 Å². The van der Waals surface area contributed by atoms with Crippen LogP contribution in [0.15, 0.2) is 40.8 Å². The number of anilines is 1. The van der Waals surface area contributed by atoms with Crippen LogP contribution < -0.4 is 5.32 Å². The van der Waals surface area contributed by atoms with Crippen molar-refractivity contribution in [3.05, 3.63) is 64.3 Å². The maximum Gasteiger partial charge on any atom is 0.247 e. The van der Waals surface area contributed by atoms with E-state index in [4.69, 9.17) is 22.6 Å². The summed E-state index contributed by atoms with van der Waals surface area (Å²) >= 11 is 6.22. The summed E-state index contributed by atoms with van der Waals surface area (Å²) in [6.07, 6.45) is -0.836. The van der Waals surface area contributed by atoms with E-state index < -0.39 is 12.1 Å². The number of nitrogens with one attached hydrogen (secondary N) is 1. The number of rotatable bonds is 5. The number of aromatic nitrogens is 2. The van der Waals surface area contributed by atoms with Crippen molar-refractivity contribution in [2.24, 2.45) is 0 Å². The number of hydrogen-bond acceptors (Lipinski definition) is 6. The number of phenols is 1. The molecule has 0 aliphatic carbocycles. The highest BCUT2D eigenvalue weighted by molar-refractivity contribution is 6.34. The Balaban J connectivity index is 1.90. The Morgan fingerprint density at radius 2 is 1.89 bits per heavy atom. The summed E-state index contributed by atoms with van der Waals surface area (Å²) < 4.78 is 5.71. The number of hydrogen-bond donors (Lipinski definition) is 3. The molecule has 0 aliphatic rings. The second-order valence-corrected chi connectivity index (χ2v) is 6.42. The van der Waals surface area contributed by atoms with Crippen LogP contribution in [-0.4, -0.2) is 26.5 Å². The van der Waals surface area contributed by atoms with Crippen LogP contribution in [0.2, 0.25) is 5.02 Å². The lowest BCUT2D eigenvalue weighted by atomic mass is 10.1. The van der Waals surface area contributed by atoms with E-state index in [-0.39, 0.29) is 17.5 Å². The van der Waals surface area contributed by atoms with Gasteiger partial charge < -0.3 is 19.9 Å². The fraction of sp³-hybridized carbons (Fsp3) is 0.211. The zero-order valence-electron chi connectivity index (χ0n) is 14.6. The van der Waals surface area contributed by atoms with Crippen LogP contribution >= 0.6 is 11.6 Å². The van der Waals surface area contributed by atoms with E-state index in [1.54, 1.807) is 38.1 Å². The number of aromatic hydroxyl groups is 1. The molecule has 0 aliphatic heterocycles. The van der Waals surface area contributed by atoms with Crippen molar-refractivity contribution >= 4 is 23.0 Å². The minimum absolute atomic E-state index is 0.136. The maximum absolute atomic E-state index is 10.2. The molecular weight excluding hydrogens is 368 g/mol. The molecule has 3 N–H and O–H groups in total. The largest absolute Gasteiger partial charge is 0.508 e. The maximum atomic E-state index is 10.2. The molecule has 138 valence electrons. The monoisotopic (exact) mass is 384 g/mol. The first-order valence-corrected chi connectivity index (χ1v) is 8.52. The number of aliphatic hydroxyl groups excluding tert-OH is 1. The van der Waals surface area contributed by atoms with E-state index in [0.717, 1.165) is 0 Å². The number of phenolic OH excluding ortho intramolecular Hbond substituents is 1. The molecule has 0 radical (unpaired) electrons. The van der Waals surface area contributed by atoms with Crippen LogP contribution in [0.4, 0.5) is 11.4 Å². The first kappa shape index (κ1) is 18.7. The quantitative estimate of drug-likeness (QED) is 0.561. The van der Waals surface area contributed by atoms with Gasteiger partial charge in [0.1, 0.15) is 11.8 Å². The van der Waals surface area contributed by atoms with Gasteiger partial charge in [0.2, 0.25) is 17.5 Å². The molecule has 7 nitrogen and oxygen atoms in total. The zero-order valence-corrected chi connectivity index (χ0v) is 15.4. The molecule has 0 saturated carbocycles. The zero-order chi connectivity index (χ0) is 19.6. The van der Waals surface area contributed by atoms with Gasteiger partial charge in [0.25, 0.3) is 0 Å². The number of aliphatic hydroxyl groups is 1. The molecule has 0 unspecified atom stereocenters. The Kier molecular flexibility index (Phi) is 5.31. The summed E-state index contributed by atoms with van der Waals surface area (Å²) in [5.41, 5.74) is 2.36. The Morgan fingerprint density at radius 3 is 2.52 bits per heavy atom. The lowest BCUT2D eigenvalue weighted by Crippen LogP contribution is -2.23. The standard InChI is InChI=1S/C19H17ClN4O3/c1-10-14(8-9-15(21-3)16(10)20)22-17(11(2)25)19-24-23-18(27-19)12-4-6-13(26)7-5-12/h4-9,11,17,22,25-26H,1-2H3/t11-,17+/m0/s1. The fourth-order valence-corrected chi connectivity index (χ4v) is 2.76. The molecule has 3 rings (SSSR count). The van der Waals surface area contributed by atoms with E-state index in [0.29, 0.717) is 27.5 Å². The van der Waals surface area contributed by atoms with Crippen LogP contribution in [0.1, 0.15) is 24.4 Å². The van der Waals surface area contributed by atoms with Gasteiger partial charge in [-0.25, -0.2) is 4.85 Å². The molecule has 1 aromatic heterocycles. The van der Waals surface area contributed by atoms with Crippen molar-refractivity contribution in [3.63, 3.8) is 0 Å². The minimum atomic E-state index is -0.836. The highest BCUT2D eigenvalue weighted by atomic mass is 35.5. The van der Waals surface area contributed by atoms with Gasteiger partial charge in [0, 0.05) is 11.3 Å². The van der Waals surface area contributed by atoms with Gasteiger partial charge in [-0.15, -0.1) is 10.2 Å². The van der Waals surface area contributed by atoms with E-state index in [1.807, 2.05) is 0 Å². The third-order valence-corrected chi connectivity index (χ3v) is 4.58. The van der Waals surface area contributed by atoms with E-state index >= 15 is 0 Å². The van der Waals surface area contributed by atoms with Crippen LogP contribution in [0.3, 0.4) is 0 Å². The van der Waals surface area contributed by atoms with Crippen molar-refractivity contribution in [2.45, 2.75) is 26.0 Å². The first-order chi connectivity index (χ1) is 12.9. The summed E-state index contributed by atoms with van der Waals surface area (Å²) in [7, 11) is 0. The van der Waals surface area contributed by atoms with Gasteiger partial charge in [-0.05, 0) is 49.7 Å². The van der Waals surface area contributed by atoms with Crippen LogP contribution in [0.5, 0.6) is 5.75 Å². The van der Waals surface area contributed by atoms with Crippen LogP contribution in [0, 0.1) is 13.5 Å². The third kappa shape index (κ3) is 3.87. The molecule has 27 heavy (non-hydrogen) atoms. The van der Waals surface area contributed by atoms with Crippen LogP contribution in [-0.2, 0) is 0 Å². The summed E-state index contributed by atoms with van der Waals surface area (Å²) in [6, 6.07) is 9.02. The molecule has 2 aromatic carbocycles. The smallest absolute Gasteiger partial charge is 0.247 e. The Labute approximate surface area is 161 Å². The summed E-state index contributed by atoms with van der Waals surface area (Å²) in [5, 5.41) is 31.1. The lowest BCUT2D eigenvalue weighted by molar-refractivity contribution is 0.159. The van der Waals surface area contributed by atoms with E-state index in [1.165, 1.54) is 12.1 Å². The number of halogens is 1. The SMILES string of the molecule is [C-]#[N+]c1ccc(N[C@@H](c2nnc(-c3ccc(O)cc3)o2)[C@H](C)O)c(C)c1Cl. The van der Waals surface area contributed by atoms with Crippen molar-refractivity contribution in [3.8, 4) is 17.2 Å². The lowest BCUT2D eigenvalue weighted by Gasteiger charge is -2.21. The van der Waals surface area contributed by atoms with E-state index in [9.17, 15) is 10.2 Å². The molecule has 0 fully saturated rings. The van der Waals surface area contributed by atoms with Crippen molar-refractivity contribution < 1.29 is 14.6 Å². The average molecular weight is 385 g/mol. The second kappa shape index (κ2) is 7.66. The normalized spacial score (nSPS) is 13.0. The van der Waals surface area contributed by atoms with Crippen molar-refractivity contribution in [2.75, 3.05) is 5.32 Å². The topological polar surface area (TPSA) is 95.8 Å². The van der Waals surface area contributed by atoms with Gasteiger partial charge in [0.05, 0.1) is 17.7 Å². The summed E-state index contributed by atoms with van der Waals surface area (Å²) in [6.45, 7) is 10.5. The molecule has 8 heteroatoms. The fourth-order valence-electron chi connectivity index (χ4n) is 2.55.